The first-order valence-electron chi connectivity index (χ1n) is 8.84. The van der Waals surface area contributed by atoms with Crippen LogP contribution in [-0.2, 0) is 14.6 Å². The van der Waals surface area contributed by atoms with Crippen molar-refractivity contribution in [3.05, 3.63) is 65.1 Å². The van der Waals surface area contributed by atoms with Gasteiger partial charge in [-0.1, -0.05) is 11.6 Å². The number of benzene rings is 2. The Bertz CT molecular complexity index is 1190. The quantitative estimate of drug-likeness (QED) is 0.632. The largest absolute Gasteiger partial charge is 0.378 e. The van der Waals surface area contributed by atoms with Crippen LogP contribution in [0.1, 0.15) is 10.4 Å². The van der Waals surface area contributed by atoms with E-state index >= 15 is 0 Å². The summed E-state index contributed by atoms with van der Waals surface area (Å²) in [4.78, 5) is 18.5. The highest BCUT2D eigenvalue weighted by molar-refractivity contribution is 7.91. The Morgan fingerprint density at radius 1 is 1.10 bits per heavy atom. The summed E-state index contributed by atoms with van der Waals surface area (Å²) in [5, 5.41) is 0.429. The molecule has 29 heavy (non-hydrogen) atoms. The lowest BCUT2D eigenvalue weighted by atomic mass is 10.1. The van der Waals surface area contributed by atoms with Crippen LogP contribution in [0.4, 0.5) is 4.39 Å². The fourth-order valence-electron chi connectivity index (χ4n) is 3.25. The normalized spacial score (nSPS) is 14.9. The van der Waals surface area contributed by atoms with Gasteiger partial charge in [0.15, 0.2) is 0 Å². The van der Waals surface area contributed by atoms with E-state index in [1.54, 1.807) is 0 Å². The van der Waals surface area contributed by atoms with E-state index in [1.165, 1.54) is 47.5 Å². The molecule has 1 aromatic heterocycles. The van der Waals surface area contributed by atoms with Crippen molar-refractivity contribution in [3.63, 3.8) is 0 Å². The Morgan fingerprint density at radius 2 is 1.79 bits per heavy atom. The number of carbonyl (C=O) groups excluding carboxylic acids is 1. The summed E-state index contributed by atoms with van der Waals surface area (Å²) < 4.78 is 46.2. The smallest absolute Gasteiger partial charge is 0.256 e. The first-order valence-corrected chi connectivity index (χ1v) is 10.7. The molecule has 9 heteroatoms. The van der Waals surface area contributed by atoms with Crippen LogP contribution in [-0.4, -0.2) is 50.5 Å². The summed E-state index contributed by atoms with van der Waals surface area (Å²) in [6, 6.07) is 9.26. The maximum absolute atomic E-state index is 14.0. The Morgan fingerprint density at radius 3 is 2.48 bits per heavy atom. The molecular weight excluding hydrogens is 419 g/mol. The molecule has 0 atom stereocenters. The number of aromatic nitrogens is 1. The van der Waals surface area contributed by atoms with Crippen molar-refractivity contribution < 1.29 is 22.3 Å². The second-order valence-electron chi connectivity index (χ2n) is 6.52. The molecule has 150 valence electrons. The van der Waals surface area contributed by atoms with Crippen molar-refractivity contribution in [3.8, 4) is 0 Å². The van der Waals surface area contributed by atoms with Gasteiger partial charge in [-0.3, -0.25) is 9.78 Å². The summed E-state index contributed by atoms with van der Waals surface area (Å²) in [7, 11) is -4.16. The molecule has 3 aromatic rings. The van der Waals surface area contributed by atoms with Gasteiger partial charge in [-0.25, -0.2) is 12.8 Å². The number of hydrogen-bond donors (Lipinski definition) is 0. The van der Waals surface area contributed by atoms with Crippen LogP contribution in [0, 0.1) is 5.82 Å². The first kappa shape index (κ1) is 19.8. The number of nitrogens with zero attached hydrogens (tertiary/aromatic N) is 2. The molecule has 0 spiro atoms. The van der Waals surface area contributed by atoms with E-state index in [0.29, 0.717) is 31.3 Å². The zero-order valence-electron chi connectivity index (χ0n) is 15.1. The van der Waals surface area contributed by atoms with Crippen LogP contribution in [0.5, 0.6) is 0 Å². The molecule has 0 saturated carbocycles. The fourth-order valence-corrected chi connectivity index (χ4v) is 4.99. The number of morpholine rings is 1. The van der Waals surface area contributed by atoms with Gasteiger partial charge < -0.3 is 9.64 Å². The molecule has 0 aliphatic carbocycles. The van der Waals surface area contributed by atoms with Gasteiger partial charge >= 0.3 is 0 Å². The van der Waals surface area contributed by atoms with Gasteiger partial charge in [-0.15, -0.1) is 0 Å². The van der Waals surface area contributed by atoms with E-state index in [9.17, 15) is 17.6 Å². The minimum absolute atomic E-state index is 0.0466. The van der Waals surface area contributed by atoms with Gasteiger partial charge in [0.2, 0.25) is 9.84 Å². The minimum atomic E-state index is -4.16. The van der Waals surface area contributed by atoms with Gasteiger partial charge in [0.05, 0.1) is 34.1 Å². The molecule has 0 radical (unpaired) electrons. The second kappa shape index (κ2) is 7.70. The molecule has 6 nitrogen and oxygen atoms in total. The molecule has 1 amide bonds. The first-order chi connectivity index (χ1) is 13.9. The average molecular weight is 435 g/mol. The molecule has 0 bridgehead atoms. The highest BCUT2D eigenvalue weighted by atomic mass is 35.5. The van der Waals surface area contributed by atoms with E-state index in [1.807, 2.05) is 0 Å². The molecule has 0 unspecified atom stereocenters. The van der Waals surface area contributed by atoms with Crippen molar-refractivity contribution in [2.24, 2.45) is 0 Å². The number of ether oxygens (including phenoxy) is 1. The Labute approximate surface area is 171 Å². The van der Waals surface area contributed by atoms with E-state index in [4.69, 9.17) is 16.3 Å². The summed E-state index contributed by atoms with van der Waals surface area (Å²) in [5.41, 5.74) is 0.178. The van der Waals surface area contributed by atoms with E-state index in [-0.39, 0.29) is 26.3 Å². The average Bonchev–Trinajstić information content (AvgIpc) is 2.73. The maximum atomic E-state index is 14.0. The maximum Gasteiger partial charge on any atom is 0.256 e. The van der Waals surface area contributed by atoms with E-state index in [0.717, 1.165) is 6.07 Å². The SMILES string of the molecule is O=C(c1cnc2ccc(F)cc2c1S(=O)(=O)c1ccc(Cl)cc1)N1CCOCC1. The third-order valence-corrected chi connectivity index (χ3v) is 6.82. The van der Waals surface area contributed by atoms with Gasteiger partial charge in [-0.05, 0) is 42.5 Å². The summed E-state index contributed by atoms with van der Waals surface area (Å²) in [6.07, 6.45) is 1.24. The summed E-state index contributed by atoms with van der Waals surface area (Å²) in [6.45, 7) is 1.39. The zero-order chi connectivity index (χ0) is 20.6. The lowest BCUT2D eigenvalue weighted by Gasteiger charge is -2.27. The number of rotatable bonds is 3. The number of fused-ring (bicyclic) bond motifs is 1. The standard InChI is InChI=1S/C20H16ClFN2O4S/c21-13-1-4-15(5-2-13)29(26,27)19-16-11-14(22)3-6-18(16)23-12-17(19)20(25)24-7-9-28-10-8-24/h1-6,11-12H,7-10H2. The third kappa shape index (κ3) is 3.71. The molecule has 1 aliphatic rings. The molecular formula is C20H16ClFN2O4S. The summed E-state index contributed by atoms with van der Waals surface area (Å²) in [5.74, 6) is -1.11. The van der Waals surface area contributed by atoms with Crippen LogP contribution in [0.15, 0.2) is 58.5 Å². The van der Waals surface area contributed by atoms with Crippen molar-refractivity contribution in [2.45, 2.75) is 9.79 Å². The van der Waals surface area contributed by atoms with Gasteiger partial charge in [0.25, 0.3) is 5.91 Å². The summed E-state index contributed by atoms with van der Waals surface area (Å²) >= 11 is 5.88. The lowest BCUT2D eigenvalue weighted by Crippen LogP contribution is -2.41. The molecule has 4 rings (SSSR count). The van der Waals surface area contributed by atoms with Crippen LogP contribution in [0.3, 0.4) is 0 Å². The highest BCUT2D eigenvalue weighted by Crippen LogP contribution is 2.32. The number of pyridine rings is 1. The predicted octanol–water partition coefficient (Wildman–Crippen LogP) is 3.33. The van der Waals surface area contributed by atoms with Gasteiger partial charge in [0, 0.05) is 29.7 Å². The third-order valence-electron chi connectivity index (χ3n) is 4.70. The van der Waals surface area contributed by atoms with Crippen LogP contribution in [0.2, 0.25) is 5.02 Å². The predicted molar refractivity (Wildman–Crippen MR) is 105 cm³/mol. The highest BCUT2D eigenvalue weighted by Gasteiger charge is 2.30. The zero-order valence-corrected chi connectivity index (χ0v) is 16.7. The number of hydrogen-bond acceptors (Lipinski definition) is 5. The Balaban J connectivity index is 1.97. The number of carbonyl (C=O) groups is 1. The number of sulfone groups is 1. The van der Waals surface area contributed by atoms with Crippen molar-refractivity contribution in [1.29, 1.82) is 0 Å². The lowest BCUT2D eigenvalue weighted by molar-refractivity contribution is 0.0300. The minimum Gasteiger partial charge on any atom is -0.378 e. The van der Waals surface area contributed by atoms with Gasteiger partial charge in [-0.2, -0.15) is 0 Å². The second-order valence-corrected chi connectivity index (χ2v) is 8.85. The van der Waals surface area contributed by atoms with Crippen LogP contribution >= 0.6 is 11.6 Å². The monoisotopic (exact) mass is 434 g/mol. The van der Waals surface area contributed by atoms with Crippen molar-refractivity contribution >= 4 is 38.2 Å². The van der Waals surface area contributed by atoms with Crippen molar-refractivity contribution in [2.75, 3.05) is 26.3 Å². The molecule has 1 aliphatic heterocycles. The van der Waals surface area contributed by atoms with Crippen LogP contribution < -0.4 is 0 Å². The molecule has 1 fully saturated rings. The molecule has 0 N–H and O–H groups in total. The van der Waals surface area contributed by atoms with E-state index in [2.05, 4.69) is 4.98 Å². The Kier molecular flexibility index (Phi) is 5.24. The number of halogens is 2. The molecule has 2 aromatic carbocycles. The van der Waals surface area contributed by atoms with Gasteiger partial charge in [0.1, 0.15) is 5.82 Å². The van der Waals surface area contributed by atoms with E-state index < -0.39 is 21.6 Å². The molecule has 1 saturated heterocycles. The van der Waals surface area contributed by atoms with Crippen molar-refractivity contribution in [1.82, 2.24) is 9.88 Å². The molecule has 2 heterocycles. The number of amides is 1. The Hall–Kier alpha value is -2.55. The fraction of sp³-hybridized carbons (Fsp3) is 0.200. The van der Waals surface area contributed by atoms with Crippen LogP contribution in [0.25, 0.3) is 10.9 Å². The topological polar surface area (TPSA) is 76.6 Å².